The molecule has 1 fully saturated rings. The predicted molar refractivity (Wildman–Crippen MR) is 115 cm³/mol. The number of likely N-dealkylation sites (tertiary alicyclic amines) is 1. The number of hydrogen-bond acceptors (Lipinski definition) is 6. The lowest BCUT2D eigenvalue weighted by molar-refractivity contribution is -0.122. The molecular weight excluding hydrogens is 416 g/mol. The molecule has 0 spiro atoms. The van der Waals surface area contributed by atoms with Crippen LogP contribution in [0.2, 0.25) is 0 Å². The summed E-state index contributed by atoms with van der Waals surface area (Å²) in [6.45, 7) is 0.423. The van der Waals surface area contributed by atoms with E-state index in [1.54, 1.807) is 39.8 Å². The number of nitrogens with one attached hydrogen (secondary N) is 1. The number of hydrogen-bond donors (Lipinski definition) is 3. The highest BCUT2D eigenvalue weighted by Gasteiger charge is 2.42. The fourth-order valence-electron chi connectivity index (χ4n) is 4.78. The summed E-state index contributed by atoms with van der Waals surface area (Å²) in [6.07, 6.45) is 0.806. The van der Waals surface area contributed by atoms with Gasteiger partial charge in [-0.3, -0.25) is 19.2 Å². The number of rotatable bonds is 2. The van der Waals surface area contributed by atoms with Gasteiger partial charge in [0.2, 0.25) is 0 Å². The van der Waals surface area contributed by atoms with Gasteiger partial charge in [0.15, 0.2) is 5.82 Å². The van der Waals surface area contributed by atoms with Crippen molar-refractivity contribution in [1.82, 2.24) is 19.4 Å². The topological polar surface area (TPSA) is 146 Å². The monoisotopic (exact) mass is 438 g/mol. The summed E-state index contributed by atoms with van der Waals surface area (Å²) in [5, 5.41) is 17.3. The maximum atomic E-state index is 13.2. The highest BCUT2D eigenvalue weighted by molar-refractivity contribution is 5.92. The SMILES string of the molecule is O=C(c1nc2ccccc2c(=O)[nH]1)N1C[C@H]2C[C@@H](C1)[C@H](CO)n1c2cccc1=O.O=CO. The molecule has 10 nitrogen and oxygen atoms in total. The summed E-state index contributed by atoms with van der Waals surface area (Å²) >= 11 is 0. The first-order valence-electron chi connectivity index (χ1n) is 10.2. The van der Waals surface area contributed by atoms with Crippen molar-refractivity contribution in [3.63, 3.8) is 0 Å². The molecule has 1 aromatic carbocycles. The van der Waals surface area contributed by atoms with E-state index in [-0.39, 0.29) is 53.8 Å². The van der Waals surface area contributed by atoms with Gasteiger partial charge in [0, 0.05) is 36.7 Å². The first-order chi connectivity index (χ1) is 15.5. The Morgan fingerprint density at radius 3 is 2.66 bits per heavy atom. The highest BCUT2D eigenvalue weighted by Crippen LogP contribution is 2.41. The molecule has 3 N–H and O–H groups in total. The zero-order valence-electron chi connectivity index (χ0n) is 17.0. The predicted octanol–water partition coefficient (Wildman–Crippen LogP) is 0.579. The van der Waals surface area contributed by atoms with Crippen molar-refractivity contribution in [2.75, 3.05) is 19.7 Å². The Kier molecular flexibility index (Phi) is 5.87. The molecule has 2 aliphatic heterocycles. The Labute approximate surface area is 181 Å². The van der Waals surface area contributed by atoms with Crippen molar-refractivity contribution in [2.24, 2.45) is 5.92 Å². The van der Waals surface area contributed by atoms with Crippen molar-refractivity contribution in [1.29, 1.82) is 0 Å². The Balaban J connectivity index is 0.000000775. The molecular formula is C22H22N4O6. The van der Waals surface area contributed by atoms with Gasteiger partial charge < -0.3 is 24.7 Å². The molecule has 4 heterocycles. The van der Waals surface area contributed by atoms with Gasteiger partial charge in [-0.15, -0.1) is 0 Å². The van der Waals surface area contributed by atoms with Crippen molar-refractivity contribution in [3.05, 3.63) is 74.7 Å². The largest absolute Gasteiger partial charge is 0.483 e. The molecule has 3 aromatic rings. The molecule has 32 heavy (non-hydrogen) atoms. The Hall–Kier alpha value is -3.79. The van der Waals surface area contributed by atoms with E-state index in [0.29, 0.717) is 24.0 Å². The van der Waals surface area contributed by atoms with Gasteiger partial charge in [-0.1, -0.05) is 18.2 Å². The van der Waals surface area contributed by atoms with Gasteiger partial charge in [0.1, 0.15) is 0 Å². The molecule has 5 rings (SSSR count). The van der Waals surface area contributed by atoms with Crippen LogP contribution in [0.25, 0.3) is 10.9 Å². The minimum Gasteiger partial charge on any atom is -0.483 e. The number of fused-ring (bicyclic) bond motifs is 5. The van der Waals surface area contributed by atoms with E-state index in [4.69, 9.17) is 9.90 Å². The third-order valence-corrected chi connectivity index (χ3v) is 6.09. The van der Waals surface area contributed by atoms with Crippen molar-refractivity contribution >= 4 is 23.3 Å². The average Bonchev–Trinajstić information content (AvgIpc) is 2.80. The number of para-hydroxylation sites is 1. The second-order valence-corrected chi connectivity index (χ2v) is 7.85. The Bertz CT molecular complexity index is 1280. The number of piperidine rings is 1. The summed E-state index contributed by atoms with van der Waals surface area (Å²) in [5.74, 6) is -0.366. The smallest absolute Gasteiger partial charge is 0.290 e. The molecule has 166 valence electrons. The number of aliphatic hydroxyl groups is 1. The zero-order valence-corrected chi connectivity index (χ0v) is 17.0. The molecule has 0 radical (unpaired) electrons. The van der Waals surface area contributed by atoms with Gasteiger partial charge in [-0.05, 0) is 24.6 Å². The van der Waals surface area contributed by atoms with Crippen LogP contribution >= 0.6 is 0 Å². The Morgan fingerprint density at radius 1 is 1.16 bits per heavy atom. The highest BCUT2D eigenvalue weighted by atomic mass is 16.3. The number of aromatic amines is 1. The zero-order chi connectivity index (χ0) is 22.8. The minimum absolute atomic E-state index is 0.00146. The van der Waals surface area contributed by atoms with Crippen LogP contribution in [0.15, 0.2) is 52.1 Å². The molecule has 1 amide bonds. The number of aromatic nitrogens is 3. The molecule has 2 aliphatic rings. The first-order valence-corrected chi connectivity index (χ1v) is 10.2. The number of nitrogens with zero attached hydrogens (tertiary/aromatic N) is 3. The van der Waals surface area contributed by atoms with Gasteiger partial charge >= 0.3 is 0 Å². The fraction of sp³-hybridized carbons (Fsp3) is 0.318. The number of benzene rings is 1. The van der Waals surface area contributed by atoms with E-state index in [2.05, 4.69) is 9.97 Å². The molecule has 0 unspecified atom stereocenters. The normalized spacial score (nSPS) is 21.3. The van der Waals surface area contributed by atoms with Crippen LogP contribution in [0.3, 0.4) is 0 Å². The van der Waals surface area contributed by atoms with Crippen LogP contribution in [0.5, 0.6) is 0 Å². The molecule has 10 heteroatoms. The average molecular weight is 438 g/mol. The first kappa shape index (κ1) is 21.4. The lowest BCUT2D eigenvalue weighted by Gasteiger charge is -2.46. The van der Waals surface area contributed by atoms with Crippen LogP contribution in [-0.4, -0.2) is 61.7 Å². The number of pyridine rings is 1. The third kappa shape index (κ3) is 3.69. The van der Waals surface area contributed by atoms with E-state index in [1.165, 1.54) is 6.07 Å². The van der Waals surface area contributed by atoms with Crippen LogP contribution in [0, 0.1) is 5.92 Å². The van der Waals surface area contributed by atoms with Crippen LogP contribution in [0.4, 0.5) is 0 Å². The number of carbonyl (C=O) groups excluding carboxylic acids is 1. The maximum Gasteiger partial charge on any atom is 0.290 e. The molecule has 2 aromatic heterocycles. The van der Waals surface area contributed by atoms with Crippen LogP contribution in [-0.2, 0) is 4.79 Å². The lowest BCUT2D eigenvalue weighted by Crippen LogP contribution is -2.52. The number of carboxylic acid groups (broad SMARTS) is 1. The number of aliphatic hydroxyl groups excluding tert-OH is 1. The van der Waals surface area contributed by atoms with Crippen LogP contribution < -0.4 is 11.1 Å². The summed E-state index contributed by atoms with van der Waals surface area (Å²) in [5.41, 5.74) is 0.838. The van der Waals surface area contributed by atoms with Gasteiger partial charge in [-0.25, -0.2) is 4.98 Å². The molecule has 0 saturated carbocycles. The maximum absolute atomic E-state index is 13.2. The fourth-order valence-corrected chi connectivity index (χ4v) is 4.78. The van der Waals surface area contributed by atoms with Crippen molar-refractivity contribution in [2.45, 2.75) is 18.4 Å². The lowest BCUT2D eigenvalue weighted by atomic mass is 9.78. The molecule has 2 bridgehead atoms. The molecule has 3 atom stereocenters. The standard InChI is InChI=1S/C21H20N4O4.CH2O2/c26-11-17-13-8-12(16-6-3-7-18(27)25(16)17)9-24(10-13)21(29)19-22-15-5-2-1-4-14(15)20(28)23-19;2-1-3/h1-7,12-13,17,26H,8-11H2,(H,22,23,28);1H,(H,2,3)/t12-,13+,17+;/m1./s1. The van der Waals surface area contributed by atoms with Gasteiger partial charge in [-0.2, -0.15) is 0 Å². The van der Waals surface area contributed by atoms with E-state index in [1.807, 2.05) is 6.07 Å². The van der Waals surface area contributed by atoms with E-state index in [9.17, 15) is 19.5 Å². The second-order valence-electron chi connectivity index (χ2n) is 7.85. The summed E-state index contributed by atoms with van der Waals surface area (Å²) in [4.78, 5) is 54.9. The summed E-state index contributed by atoms with van der Waals surface area (Å²) < 4.78 is 1.68. The van der Waals surface area contributed by atoms with Crippen molar-refractivity contribution < 1.29 is 19.8 Å². The number of amides is 1. The summed E-state index contributed by atoms with van der Waals surface area (Å²) in [7, 11) is 0. The quantitative estimate of drug-likeness (QED) is 0.496. The molecule has 0 aliphatic carbocycles. The Morgan fingerprint density at radius 2 is 1.91 bits per heavy atom. The van der Waals surface area contributed by atoms with Gasteiger partial charge in [0.25, 0.3) is 23.5 Å². The van der Waals surface area contributed by atoms with E-state index in [0.717, 1.165) is 12.1 Å². The minimum atomic E-state index is -0.367. The number of H-pyrrole nitrogens is 1. The second kappa shape index (κ2) is 8.75. The number of carbonyl (C=O) groups is 2. The molecule has 1 saturated heterocycles. The van der Waals surface area contributed by atoms with Crippen molar-refractivity contribution in [3.8, 4) is 0 Å². The van der Waals surface area contributed by atoms with Gasteiger partial charge in [0.05, 0.1) is 23.6 Å². The van der Waals surface area contributed by atoms with Crippen LogP contribution in [0.1, 0.15) is 34.7 Å². The summed E-state index contributed by atoms with van der Waals surface area (Å²) in [6, 6.07) is 11.6. The third-order valence-electron chi connectivity index (χ3n) is 6.09. The van der Waals surface area contributed by atoms with E-state index < -0.39 is 0 Å². The van der Waals surface area contributed by atoms with E-state index >= 15 is 0 Å².